The topological polar surface area (TPSA) is 139 Å². The Morgan fingerprint density at radius 1 is 0.217 bits per heavy atom. The van der Waals surface area contributed by atoms with E-state index in [4.69, 9.17) is 36.5 Å². The molecule has 11 nitrogen and oxygen atoms in total. The van der Waals surface area contributed by atoms with Gasteiger partial charge in [0.15, 0.2) is 40.6 Å². The van der Waals surface area contributed by atoms with Gasteiger partial charge in [-0.05, 0) is 177 Å². The molecule has 0 saturated heterocycles. The molecule has 0 aliphatic carbocycles. The molecule has 0 fully saturated rings. The van der Waals surface area contributed by atoms with Crippen LogP contribution in [0.15, 0.2) is 394 Å². The van der Waals surface area contributed by atoms with E-state index < -0.39 is 47.0 Å². The fraction of sp³-hybridized carbons (Fsp3) is 0.0348. The monoisotopic (exact) mass is 1830 g/mol. The van der Waals surface area contributed by atoms with Crippen LogP contribution in [0, 0.1) is 29.2 Å². The highest BCUT2D eigenvalue weighted by Gasteiger charge is 2.41. The van der Waals surface area contributed by atoms with E-state index in [1.165, 1.54) is 97.1 Å². The van der Waals surface area contributed by atoms with Crippen molar-refractivity contribution in [2.24, 2.45) is 0 Å². The number of benzene rings is 17. The quantitative estimate of drug-likeness (QED) is 0.0730. The third kappa shape index (κ3) is 17.0. The zero-order valence-corrected chi connectivity index (χ0v) is 72.0. The smallest absolute Gasteiger partial charge is 0.308 e. The minimum Gasteiger partial charge on any atom is -0.308 e. The number of fused-ring (bicyclic) bond motifs is 6. The van der Waals surface area contributed by atoms with Crippen LogP contribution < -0.4 is 0 Å². The summed E-state index contributed by atoms with van der Waals surface area (Å²) in [6.45, 7) is 7.68. The second-order valence-corrected chi connectivity index (χ2v) is 32.5. The molecule has 4 aromatic heterocycles. The van der Waals surface area contributed by atoms with Crippen molar-refractivity contribution in [1.82, 2.24) is 39.0 Å². The zero-order chi connectivity index (χ0) is 95.3. The largest absolute Gasteiger partial charge is 0.417 e. The predicted octanol–water partition coefficient (Wildman–Crippen LogP) is 32.0. The van der Waals surface area contributed by atoms with Gasteiger partial charge in [-0.1, -0.05) is 273 Å². The van der Waals surface area contributed by atoms with Crippen LogP contribution in [0.5, 0.6) is 0 Å². The van der Waals surface area contributed by atoms with Gasteiger partial charge < -0.3 is 9.13 Å². The van der Waals surface area contributed by atoms with Crippen LogP contribution in [-0.4, -0.2) is 39.0 Å². The minimum absolute atomic E-state index is 0.00786. The van der Waals surface area contributed by atoms with Crippen LogP contribution in [0.4, 0.5) is 58.4 Å². The molecular weight excluding hydrogens is 1760 g/mol. The lowest BCUT2D eigenvalue weighted by Gasteiger charge is -2.24. The highest BCUT2D eigenvalue weighted by Crippen LogP contribution is 2.54. The third-order valence-corrected chi connectivity index (χ3v) is 24.1. The second kappa shape index (κ2) is 35.8. The zero-order valence-electron chi connectivity index (χ0n) is 72.0. The number of para-hydroxylation sites is 1. The summed E-state index contributed by atoms with van der Waals surface area (Å²) in [7, 11) is 0. The van der Waals surface area contributed by atoms with Gasteiger partial charge >= 0.3 is 24.7 Å². The molecule has 664 valence electrons. The first kappa shape index (κ1) is 87.9. The SMILES string of the molecule is N#Cc1cccc(-c2ccc3c(c2)c2ccccc2n3-c2c(-c3ccccc3C(F)(F)F)cc(-c3nc(-c4ccccc4)nc(-c4ccccc4)n3)cc2-c2ccccc2C(F)(F)F)c1.[C-]#[N+]c1cccc(-c2ccc3c(c2)c2cc(-c4cccc(C#N)c4)ccc2n3-c2c(-c3ccccc3C(F)(F)F)cc(-c3nc(-c4ccccc4)nc(-c4ccccc4)n3)cc2-c2ccccc2C(F)(F)F)c1. The number of alkyl halides is 12. The number of hydrogen-bond acceptors (Lipinski definition) is 8. The molecule has 17 aromatic carbocycles. The number of aromatic nitrogens is 8. The molecule has 0 unspecified atom stereocenters. The summed E-state index contributed by atoms with van der Waals surface area (Å²) >= 11 is 0. The molecular formula is C115H65F12N11. The van der Waals surface area contributed by atoms with Gasteiger partial charge in [-0.2, -0.15) is 63.2 Å². The molecule has 0 radical (unpaired) electrons. The van der Waals surface area contributed by atoms with E-state index in [1.54, 1.807) is 167 Å². The first-order valence-corrected chi connectivity index (χ1v) is 43.2. The molecule has 0 spiro atoms. The van der Waals surface area contributed by atoms with Gasteiger partial charge in [-0.15, -0.1) is 0 Å². The first-order valence-electron chi connectivity index (χ1n) is 43.2. The molecule has 0 atom stereocenters. The number of rotatable bonds is 15. The fourth-order valence-electron chi connectivity index (χ4n) is 17.9. The van der Waals surface area contributed by atoms with Gasteiger partial charge in [0.25, 0.3) is 0 Å². The van der Waals surface area contributed by atoms with E-state index >= 15 is 52.7 Å². The molecule has 21 aromatic rings. The van der Waals surface area contributed by atoms with Crippen LogP contribution >= 0.6 is 0 Å². The van der Waals surface area contributed by atoms with Crippen molar-refractivity contribution < 1.29 is 52.7 Å². The van der Waals surface area contributed by atoms with Gasteiger partial charge in [0.05, 0.1) is 85.5 Å². The Balaban J connectivity index is 0.000000171. The molecule has 0 bridgehead atoms. The normalized spacial score (nSPS) is 11.7. The number of hydrogen-bond donors (Lipinski definition) is 0. The van der Waals surface area contributed by atoms with Gasteiger partial charge in [-0.3, -0.25) is 0 Å². The average molecular weight is 1830 g/mol. The van der Waals surface area contributed by atoms with E-state index in [0.29, 0.717) is 99.4 Å². The summed E-state index contributed by atoms with van der Waals surface area (Å²) in [5.41, 5.74) is 5.22. The maximum Gasteiger partial charge on any atom is 0.417 e. The lowest BCUT2D eigenvalue weighted by molar-refractivity contribution is -0.137. The van der Waals surface area contributed by atoms with E-state index in [-0.39, 0.29) is 102 Å². The van der Waals surface area contributed by atoms with Gasteiger partial charge in [0, 0.05) is 77.2 Å². The highest BCUT2D eigenvalue weighted by molar-refractivity contribution is 6.15. The van der Waals surface area contributed by atoms with Gasteiger partial charge in [0.2, 0.25) is 0 Å². The number of nitriles is 2. The lowest BCUT2D eigenvalue weighted by Crippen LogP contribution is -2.11. The lowest BCUT2D eigenvalue weighted by atomic mass is 9.88. The van der Waals surface area contributed by atoms with E-state index in [0.717, 1.165) is 41.0 Å². The van der Waals surface area contributed by atoms with Crippen molar-refractivity contribution in [3.05, 3.63) is 439 Å². The Bertz CT molecular complexity index is 8110. The summed E-state index contributed by atoms with van der Waals surface area (Å²) in [4.78, 5) is 32.7. The standard InChI is InChI=1S/C61H34F6N6.C54H31F6N5/c1-69-45-21-13-20-41(31-45)43-27-29-55-49(33-43)48-32-42(40-19-12-14-37(30-40)36-68)26-28-54(48)73(55)56-50(46-22-8-10-24-52(46)60(62,63)64)34-44(35-51(56)47-23-9-11-25-53(47)61(65,66)67)59-71-57(38-15-4-2-5-16-38)70-58(72-59)39-17-6-3-7-18-39;55-53(56,57)45-23-10-7-20-39(45)43-30-38(52-63-50(34-15-3-1-4-16-34)62-51(64-52)35-17-5-2-6-18-35)31-44(40-21-8-11-24-46(40)54(58,59)60)49(43)65-47-25-12-9-22-41(47)42-29-37(26-27-48(42)65)36-19-13-14-33(28-36)32-61/h2-35H;1-31H. The maximum atomic E-state index is 15.6. The number of halogens is 12. The van der Waals surface area contributed by atoms with Crippen molar-refractivity contribution in [3.8, 4) is 170 Å². The summed E-state index contributed by atoms with van der Waals surface area (Å²) in [5.74, 6) is 1.03. The molecule has 0 aliphatic heterocycles. The van der Waals surface area contributed by atoms with E-state index in [2.05, 4.69) is 17.0 Å². The fourth-order valence-corrected chi connectivity index (χ4v) is 17.9. The molecule has 21 rings (SSSR count). The van der Waals surface area contributed by atoms with Gasteiger partial charge in [-0.25, -0.2) is 34.7 Å². The molecule has 0 saturated carbocycles. The molecule has 0 N–H and O–H groups in total. The van der Waals surface area contributed by atoms with E-state index in [1.807, 2.05) is 115 Å². The third-order valence-electron chi connectivity index (χ3n) is 24.1. The maximum absolute atomic E-state index is 15.6. The molecule has 0 aliphatic rings. The Morgan fingerprint density at radius 2 is 0.464 bits per heavy atom. The van der Waals surface area contributed by atoms with Crippen molar-refractivity contribution in [2.45, 2.75) is 24.7 Å². The Hall–Kier alpha value is -18.0. The van der Waals surface area contributed by atoms with Gasteiger partial charge in [0.1, 0.15) is 0 Å². The second-order valence-electron chi connectivity index (χ2n) is 32.5. The van der Waals surface area contributed by atoms with Crippen LogP contribution in [0.25, 0.3) is 206 Å². The van der Waals surface area contributed by atoms with Crippen molar-refractivity contribution in [3.63, 3.8) is 0 Å². The number of nitrogens with zero attached hydrogens (tertiary/aromatic N) is 11. The first-order chi connectivity index (χ1) is 66.8. The summed E-state index contributed by atoms with van der Waals surface area (Å²) in [5, 5.41) is 22.1. The molecule has 138 heavy (non-hydrogen) atoms. The average Bonchev–Trinajstić information content (AvgIpc) is 1.56. The van der Waals surface area contributed by atoms with Crippen molar-refractivity contribution >= 4 is 49.3 Å². The van der Waals surface area contributed by atoms with E-state index in [9.17, 15) is 10.5 Å². The summed E-state index contributed by atoms with van der Waals surface area (Å²) < 4.78 is 189. The van der Waals surface area contributed by atoms with Crippen LogP contribution in [0.2, 0.25) is 0 Å². The Morgan fingerprint density at radius 3 is 0.768 bits per heavy atom. The molecule has 4 heterocycles. The summed E-state index contributed by atoms with van der Waals surface area (Å²) in [6, 6.07) is 112. The van der Waals surface area contributed by atoms with Crippen LogP contribution in [0.1, 0.15) is 33.4 Å². The minimum atomic E-state index is -4.91. The van der Waals surface area contributed by atoms with Crippen LogP contribution in [0.3, 0.4) is 0 Å². The van der Waals surface area contributed by atoms with Crippen molar-refractivity contribution in [2.75, 3.05) is 0 Å². The van der Waals surface area contributed by atoms with Crippen molar-refractivity contribution in [1.29, 1.82) is 10.5 Å². The Labute approximate surface area is 780 Å². The predicted molar refractivity (Wildman–Crippen MR) is 515 cm³/mol. The molecule has 0 amide bonds. The highest BCUT2D eigenvalue weighted by atomic mass is 19.4. The van der Waals surface area contributed by atoms with Crippen LogP contribution in [-0.2, 0) is 24.7 Å². The molecule has 23 heteroatoms. The summed E-state index contributed by atoms with van der Waals surface area (Å²) in [6.07, 6.45) is -19.6. The Kier molecular flexibility index (Phi) is 22.8.